The van der Waals surface area contributed by atoms with Crippen molar-refractivity contribution in [1.29, 1.82) is 0 Å². The Hall–Kier alpha value is -0.290. The standard InChI is InChI=1S/C18H32N2O6S.Na/c1-2-3-4-5-6-7-8-9-17(23)18-19(12-13-21)10-11-20(18)14-16(22)15-27(24,25)26;/h7-8,16,21-22H,2-6,9-15H2,1H3;/q;+1/b8-7+;. The van der Waals surface area contributed by atoms with Gasteiger partial charge in [0.15, 0.2) is 0 Å². The molecule has 10 heteroatoms. The maximum absolute atomic E-state index is 12.6. The molecule has 156 valence electrons. The van der Waals surface area contributed by atoms with Crippen LogP contribution in [0.15, 0.2) is 12.2 Å². The van der Waals surface area contributed by atoms with Crippen LogP contribution in [0.3, 0.4) is 0 Å². The summed E-state index contributed by atoms with van der Waals surface area (Å²) < 4.78 is 34.0. The van der Waals surface area contributed by atoms with Crippen LogP contribution in [-0.2, 0) is 14.9 Å². The van der Waals surface area contributed by atoms with Gasteiger partial charge in [0.1, 0.15) is 32.3 Å². The fraction of sp³-hybridized carbons (Fsp3) is 0.778. The average Bonchev–Trinajstić information content (AvgIpc) is 2.94. The predicted octanol–water partition coefficient (Wildman–Crippen LogP) is -2.90. The molecule has 1 atom stereocenters. The second-order valence-electron chi connectivity index (χ2n) is 6.81. The number of hydrogen-bond donors (Lipinski definition) is 2. The number of aliphatic hydroxyl groups excluding tert-OH is 2. The molecule has 2 N–H and O–H groups in total. The molecule has 1 unspecified atom stereocenters. The van der Waals surface area contributed by atoms with Gasteiger partial charge in [-0.25, -0.2) is 8.42 Å². The molecular formula is C18H32N2NaO6S+. The van der Waals surface area contributed by atoms with Crippen molar-refractivity contribution in [3.63, 3.8) is 0 Å². The Morgan fingerprint density at radius 2 is 2.04 bits per heavy atom. The molecule has 8 nitrogen and oxygen atoms in total. The molecule has 0 aromatic heterocycles. The number of allylic oxidation sites excluding steroid dienone is 2. The second-order valence-corrected chi connectivity index (χ2v) is 8.26. The van der Waals surface area contributed by atoms with E-state index in [0.29, 0.717) is 18.9 Å². The summed E-state index contributed by atoms with van der Waals surface area (Å²) in [5.74, 6) is -0.673. The minimum Gasteiger partial charge on any atom is -0.748 e. The third kappa shape index (κ3) is 11.0. The van der Waals surface area contributed by atoms with Crippen molar-refractivity contribution in [1.82, 2.24) is 4.90 Å². The molecule has 0 amide bonds. The van der Waals surface area contributed by atoms with Crippen LogP contribution in [0.1, 0.15) is 45.4 Å². The van der Waals surface area contributed by atoms with Gasteiger partial charge in [0, 0.05) is 6.42 Å². The van der Waals surface area contributed by atoms with E-state index in [4.69, 9.17) is 0 Å². The van der Waals surface area contributed by atoms with Crippen LogP contribution in [0.25, 0.3) is 0 Å². The number of unbranched alkanes of at least 4 members (excludes halogenated alkanes) is 4. The van der Waals surface area contributed by atoms with Crippen LogP contribution in [0, 0.1) is 0 Å². The Morgan fingerprint density at radius 3 is 2.64 bits per heavy atom. The molecule has 0 fully saturated rings. The molecule has 0 saturated carbocycles. The van der Waals surface area contributed by atoms with E-state index in [1.165, 1.54) is 19.3 Å². The SMILES string of the molecule is CCCCCC/C=C/CC(=O)C1=[N+](CC(O)CS(=O)(=O)[O-])CCN1CCO.[Na+]. The van der Waals surface area contributed by atoms with E-state index < -0.39 is 22.0 Å². The van der Waals surface area contributed by atoms with Gasteiger partial charge < -0.3 is 14.8 Å². The van der Waals surface area contributed by atoms with E-state index >= 15 is 0 Å². The number of rotatable bonds is 14. The van der Waals surface area contributed by atoms with Crippen molar-refractivity contribution < 1.29 is 62.1 Å². The maximum Gasteiger partial charge on any atom is 1.00 e. The fourth-order valence-electron chi connectivity index (χ4n) is 3.15. The van der Waals surface area contributed by atoms with Crippen molar-refractivity contribution in [2.24, 2.45) is 0 Å². The smallest absolute Gasteiger partial charge is 0.748 e. The number of Topliss-reactive ketones (excluding diaryl/α,β-unsaturated/α-hetero) is 1. The third-order valence-corrected chi connectivity index (χ3v) is 5.17. The van der Waals surface area contributed by atoms with E-state index in [9.17, 15) is 28.0 Å². The molecule has 0 aliphatic carbocycles. The predicted molar refractivity (Wildman–Crippen MR) is 102 cm³/mol. The Morgan fingerprint density at radius 1 is 1.32 bits per heavy atom. The van der Waals surface area contributed by atoms with Gasteiger partial charge in [-0.2, -0.15) is 0 Å². The van der Waals surface area contributed by atoms with E-state index in [2.05, 4.69) is 6.92 Å². The zero-order valence-electron chi connectivity index (χ0n) is 17.0. The van der Waals surface area contributed by atoms with E-state index in [0.717, 1.165) is 12.8 Å². The molecular weight excluding hydrogens is 395 g/mol. The number of amidine groups is 1. The summed E-state index contributed by atoms with van der Waals surface area (Å²) in [5, 5.41) is 19.0. The molecule has 0 saturated heterocycles. The van der Waals surface area contributed by atoms with Crippen molar-refractivity contribution >= 4 is 21.7 Å². The summed E-state index contributed by atoms with van der Waals surface area (Å²) in [4.78, 5) is 14.4. The first-order chi connectivity index (χ1) is 12.8. The summed E-state index contributed by atoms with van der Waals surface area (Å²) in [6, 6.07) is 0. The minimum atomic E-state index is -4.54. The normalized spacial score (nSPS) is 15.9. The van der Waals surface area contributed by atoms with Crippen molar-refractivity contribution in [2.45, 2.75) is 51.6 Å². The minimum absolute atomic E-state index is 0. The molecule has 1 aliphatic heterocycles. The number of carbonyl (C=O) groups excluding carboxylic acids is 1. The summed E-state index contributed by atoms with van der Waals surface area (Å²) >= 11 is 0. The molecule has 1 aliphatic rings. The zero-order chi connectivity index (χ0) is 20.3. The Bertz CT molecular complexity index is 636. The Kier molecular flexibility index (Phi) is 14.5. The van der Waals surface area contributed by atoms with Gasteiger partial charge in [-0.15, -0.1) is 0 Å². The molecule has 0 bridgehead atoms. The summed E-state index contributed by atoms with van der Waals surface area (Å²) in [6.07, 6.45) is 8.23. The fourth-order valence-corrected chi connectivity index (χ4v) is 3.73. The molecule has 0 spiro atoms. The van der Waals surface area contributed by atoms with Crippen LogP contribution < -0.4 is 29.6 Å². The average molecular weight is 428 g/mol. The maximum atomic E-state index is 12.6. The molecule has 28 heavy (non-hydrogen) atoms. The van der Waals surface area contributed by atoms with Crippen LogP contribution in [-0.4, -0.2) is 88.9 Å². The van der Waals surface area contributed by atoms with Gasteiger partial charge >= 0.3 is 35.4 Å². The van der Waals surface area contributed by atoms with Gasteiger partial charge in [-0.3, -0.25) is 14.3 Å². The van der Waals surface area contributed by atoms with Crippen LogP contribution in [0.5, 0.6) is 0 Å². The number of β-amino-alcohol motifs (C(OH)–C–C–N with tert-alkyl or cyclic N) is 2. The quantitative estimate of drug-likeness (QED) is 0.100. The van der Waals surface area contributed by atoms with E-state index in [1.807, 2.05) is 12.2 Å². The van der Waals surface area contributed by atoms with E-state index in [-0.39, 0.29) is 61.5 Å². The summed E-state index contributed by atoms with van der Waals surface area (Å²) in [6.45, 7) is 3.15. The Labute approximate surface area is 190 Å². The first-order valence-electron chi connectivity index (χ1n) is 9.56. The first-order valence-corrected chi connectivity index (χ1v) is 11.1. The third-order valence-electron chi connectivity index (χ3n) is 4.38. The molecule has 0 radical (unpaired) electrons. The van der Waals surface area contributed by atoms with Gasteiger partial charge in [0.2, 0.25) is 5.78 Å². The monoisotopic (exact) mass is 427 g/mol. The number of aliphatic hydroxyl groups is 2. The summed E-state index contributed by atoms with van der Waals surface area (Å²) in [5.41, 5.74) is 0. The van der Waals surface area contributed by atoms with Crippen LogP contribution >= 0.6 is 0 Å². The number of carbonyl (C=O) groups is 1. The van der Waals surface area contributed by atoms with Crippen LogP contribution in [0.4, 0.5) is 0 Å². The topological polar surface area (TPSA) is 121 Å². The first kappa shape index (κ1) is 27.7. The van der Waals surface area contributed by atoms with Gasteiger partial charge in [-0.1, -0.05) is 38.3 Å². The van der Waals surface area contributed by atoms with Gasteiger partial charge in [-0.05, 0) is 12.8 Å². The van der Waals surface area contributed by atoms with E-state index in [1.54, 1.807) is 9.48 Å². The van der Waals surface area contributed by atoms with Gasteiger partial charge in [0.05, 0.1) is 22.5 Å². The molecule has 1 heterocycles. The zero-order valence-corrected chi connectivity index (χ0v) is 19.9. The number of nitrogens with zero attached hydrogens (tertiary/aromatic N) is 2. The van der Waals surface area contributed by atoms with Crippen molar-refractivity contribution in [3.05, 3.63) is 12.2 Å². The second kappa shape index (κ2) is 14.7. The van der Waals surface area contributed by atoms with Crippen LogP contribution in [0.2, 0.25) is 0 Å². The molecule has 0 aromatic carbocycles. The largest absolute Gasteiger partial charge is 1.00 e. The number of ketones is 1. The molecule has 1 rings (SSSR count). The number of hydrogen-bond acceptors (Lipinski definition) is 7. The van der Waals surface area contributed by atoms with Gasteiger partial charge in [0.25, 0.3) is 0 Å². The molecule has 0 aromatic rings. The Balaban J connectivity index is 0.00000729. The summed E-state index contributed by atoms with van der Waals surface area (Å²) in [7, 11) is -4.54. The van der Waals surface area contributed by atoms with Crippen molar-refractivity contribution in [2.75, 3.05) is 38.5 Å². The van der Waals surface area contributed by atoms with Crippen molar-refractivity contribution in [3.8, 4) is 0 Å².